The van der Waals surface area contributed by atoms with Crippen molar-refractivity contribution in [2.24, 2.45) is 22.7 Å². The standard InChI is InChI=1S/C38H52O11/c1-10-12-13-14-15-16-17-18-32(43)48-33-24(4)37(9,20-19-23(3)11-2)31-22-29(44-25(5)39)21-30-35(46-27(7)41)49-36(47-28(8)42)38(30,31)34(33)45-26(6)40/h11,15-18,21,24,29,31,33-36H,2-3,10,12-14,19-20,22H2,1,4-9H3/b16-15+,18-17+/t24-,29+,31+,33-,34+,35+,36+,37-,38-/m1/s1. The van der Waals surface area contributed by atoms with Gasteiger partial charge in [0, 0.05) is 45.3 Å². The predicted molar refractivity (Wildman–Crippen MR) is 180 cm³/mol. The van der Waals surface area contributed by atoms with E-state index in [0.717, 1.165) is 31.3 Å². The van der Waals surface area contributed by atoms with E-state index in [1.54, 1.807) is 24.3 Å². The van der Waals surface area contributed by atoms with Gasteiger partial charge >= 0.3 is 29.8 Å². The van der Waals surface area contributed by atoms with Gasteiger partial charge < -0.3 is 23.7 Å². The summed E-state index contributed by atoms with van der Waals surface area (Å²) in [5.41, 5.74) is -1.26. The first-order chi connectivity index (χ1) is 23.1. The molecule has 11 nitrogen and oxygen atoms in total. The maximum Gasteiger partial charge on any atom is 0.331 e. The molecule has 1 spiro atoms. The van der Waals surface area contributed by atoms with Crippen molar-refractivity contribution in [2.45, 2.75) is 124 Å². The molecule has 1 saturated carbocycles. The predicted octanol–water partition coefficient (Wildman–Crippen LogP) is 6.37. The number of esters is 5. The number of carbonyl (C=O) groups excluding carboxylic acids is 5. The molecule has 0 bridgehead atoms. The summed E-state index contributed by atoms with van der Waals surface area (Å²) in [6.45, 7) is 18.9. The molecular formula is C38H52O11. The molecule has 3 aliphatic rings. The van der Waals surface area contributed by atoms with Gasteiger partial charge in [0.15, 0.2) is 6.10 Å². The van der Waals surface area contributed by atoms with Gasteiger partial charge in [0.2, 0.25) is 12.6 Å². The molecule has 0 aromatic rings. The average molecular weight is 685 g/mol. The number of carbonyl (C=O) groups is 5. The molecule has 2 aliphatic carbocycles. The maximum absolute atomic E-state index is 13.5. The molecule has 0 unspecified atom stereocenters. The summed E-state index contributed by atoms with van der Waals surface area (Å²) < 4.78 is 35.7. The molecule has 0 N–H and O–H groups in total. The van der Waals surface area contributed by atoms with Crippen molar-refractivity contribution < 1.29 is 52.4 Å². The fourth-order valence-corrected chi connectivity index (χ4v) is 7.71. The second-order valence-corrected chi connectivity index (χ2v) is 13.4. The molecule has 0 amide bonds. The smallest absolute Gasteiger partial charge is 0.331 e. The Balaban J connectivity index is 2.28. The summed E-state index contributed by atoms with van der Waals surface area (Å²) in [5.74, 6) is -4.35. The van der Waals surface area contributed by atoms with E-state index < -0.39 is 83.4 Å². The third-order valence-electron chi connectivity index (χ3n) is 10.0. The Bertz CT molecular complexity index is 1380. The van der Waals surface area contributed by atoms with Gasteiger partial charge in [-0.15, -0.1) is 0 Å². The molecule has 1 aliphatic heterocycles. The van der Waals surface area contributed by atoms with E-state index in [1.807, 2.05) is 19.9 Å². The Labute approximate surface area is 289 Å². The number of allylic oxidation sites excluding steroid dienone is 5. The van der Waals surface area contributed by atoms with Crippen molar-refractivity contribution in [1.29, 1.82) is 0 Å². The number of hydrogen-bond donors (Lipinski definition) is 0. The molecule has 1 heterocycles. The molecule has 0 aromatic heterocycles. The van der Waals surface area contributed by atoms with E-state index in [4.69, 9.17) is 28.4 Å². The minimum absolute atomic E-state index is 0.208. The van der Waals surface area contributed by atoms with Crippen molar-refractivity contribution in [1.82, 2.24) is 0 Å². The molecule has 49 heavy (non-hydrogen) atoms. The second-order valence-electron chi connectivity index (χ2n) is 13.4. The van der Waals surface area contributed by atoms with E-state index in [-0.39, 0.29) is 12.0 Å². The van der Waals surface area contributed by atoms with Crippen LogP contribution in [0, 0.1) is 22.7 Å². The van der Waals surface area contributed by atoms with E-state index in [2.05, 4.69) is 20.1 Å². The zero-order valence-corrected chi connectivity index (χ0v) is 29.9. The molecule has 9 atom stereocenters. The monoisotopic (exact) mass is 684 g/mol. The van der Waals surface area contributed by atoms with Crippen LogP contribution in [0.4, 0.5) is 0 Å². The Kier molecular flexibility index (Phi) is 13.8. The lowest BCUT2D eigenvalue weighted by Crippen LogP contribution is -2.69. The van der Waals surface area contributed by atoms with Gasteiger partial charge in [-0.1, -0.05) is 76.6 Å². The summed E-state index contributed by atoms with van der Waals surface area (Å²) in [4.78, 5) is 63.7. The Morgan fingerprint density at radius 2 is 1.59 bits per heavy atom. The van der Waals surface area contributed by atoms with Gasteiger partial charge in [-0.05, 0) is 49.5 Å². The van der Waals surface area contributed by atoms with Crippen LogP contribution in [0.3, 0.4) is 0 Å². The van der Waals surface area contributed by atoms with Crippen LogP contribution in [-0.4, -0.2) is 60.7 Å². The normalized spacial score (nSPS) is 32.0. The minimum atomic E-state index is -1.53. The first kappa shape index (κ1) is 39.4. The quantitative estimate of drug-likeness (QED) is 0.0474. The molecular weight excluding hydrogens is 632 g/mol. The number of hydrogen-bond acceptors (Lipinski definition) is 11. The van der Waals surface area contributed by atoms with E-state index >= 15 is 0 Å². The van der Waals surface area contributed by atoms with Crippen LogP contribution >= 0.6 is 0 Å². The van der Waals surface area contributed by atoms with Crippen LogP contribution in [0.5, 0.6) is 0 Å². The number of unbranched alkanes of at least 4 members (excludes halogenated alkanes) is 3. The first-order valence-electron chi connectivity index (χ1n) is 17.0. The topological polar surface area (TPSA) is 141 Å². The highest BCUT2D eigenvalue weighted by Crippen LogP contribution is 2.68. The van der Waals surface area contributed by atoms with Gasteiger partial charge in [-0.25, -0.2) is 4.79 Å². The molecule has 2 fully saturated rings. The molecule has 0 radical (unpaired) electrons. The zero-order chi connectivity index (χ0) is 36.5. The number of ether oxygens (including phenoxy) is 6. The Hall–Kier alpha value is -3.99. The van der Waals surface area contributed by atoms with Crippen LogP contribution in [0.2, 0.25) is 0 Å². The SMILES string of the molecule is C=CC(=C)CC[C@]1(C)[C@H](C)[C@@H](OC(=O)/C=C/C=C/CCCCC)[C@H](OC(C)=O)[C@@]23C(=C[C@H](OC(C)=O)C[C@@H]12)[C@@H](OC(C)=O)O[C@@H]3OC(C)=O. The van der Waals surface area contributed by atoms with Crippen molar-refractivity contribution in [3.8, 4) is 0 Å². The van der Waals surface area contributed by atoms with Crippen LogP contribution < -0.4 is 0 Å². The van der Waals surface area contributed by atoms with Gasteiger partial charge in [0.05, 0.1) is 0 Å². The lowest BCUT2D eigenvalue weighted by atomic mass is 9.44. The van der Waals surface area contributed by atoms with Gasteiger partial charge in [0.1, 0.15) is 17.6 Å². The summed E-state index contributed by atoms with van der Waals surface area (Å²) in [6.07, 6.45) is 9.30. The fourth-order valence-electron chi connectivity index (χ4n) is 7.71. The maximum atomic E-state index is 13.5. The van der Waals surface area contributed by atoms with E-state index in [0.29, 0.717) is 12.8 Å². The van der Waals surface area contributed by atoms with Crippen LogP contribution in [0.1, 0.15) is 93.4 Å². The Morgan fingerprint density at radius 3 is 2.18 bits per heavy atom. The minimum Gasteiger partial charge on any atom is -0.458 e. The summed E-state index contributed by atoms with van der Waals surface area (Å²) in [7, 11) is 0. The summed E-state index contributed by atoms with van der Waals surface area (Å²) >= 11 is 0. The van der Waals surface area contributed by atoms with Crippen LogP contribution in [0.25, 0.3) is 0 Å². The highest BCUT2D eigenvalue weighted by molar-refractivity contribution is 5.82. The largest absolute Gasteiger partial charge is 0.458 e. The number of rotatable bonds is 15. The highest BCUT2D eigenvalue weighted by Gasteiger charge is 2.75. The van der Waals surface area contributed by atoms with Gasteiger partial charge in [-0.2, -0.15) is 0 Å². The average Bonchev–Trinajstić information content (AvgIpc) is 3.30. The van der Waals surface area contributed by atoms with Crippen molar-refractivity contribution >= 4 is 29.8 Å². The zero-order valence-electron chi connectivity index (χ0n) is 29.9. The molecule has 11 heteroatoms. The Morgan fingerprint density at radius 1 is 0.939 bits per heavy atom. The molecule has 270 valence electrons. The van der Waals surface area contributed by atoms with Gasteiger partial charge in [-0.3, -0.25) is 23.9 Å². The van der Waals surface area contributed by atoms with Crippen LogP contribution in [0.15, 0.2) is 60.8 Å². The third kappa shape index (κ3) is 8.98. The van der Waals surface area contributed by atoms with Crippen LogP contribution in [-0.2, 0) is 52.4 Å². The second kappa shape index (κ2) is 17.1. The van der Waals surface area contributed by atoms with Crippen molar-refractivity contribution in [3.05, 3.63) is 60.8 Å². The molecule has 3 rings (SSSR count). The lowest BCUT2D eigenvalue weighted by Gasteiger charge is -2.62. The lowest BCUT2D eigenvalue weighted by molar-refractivity contribution is -0.279. The van der Waals surface area contributed by atoms with E-state index in [1.165, 1.54) is 33.8 Å². The third-order valence-corrected chi connectivity index (χ3v) is 10.0. The highest BCUT2D eigenvalue weighted by atomic mass is 16.8. The molecule has 1 saturated heterocycles. The van der Waals surface area contributed by atoms with E-state index in [9.17, 15) is 24.0 Å². The van der Waals surface area contributed by atoms with Gasteiger partial charge in [0.25, 0.3) is 0 Å². The first-order valence-corrected chi connectivity index (χ1v) is 17.0. The summed E-state index contributed by atoms with van der Waals surface area (Å²) in [6, 6.07) is 0. The van der Waals surface area contributed by atoms with Crippen molar-refractivity contribution in [2.75, 3.05) is 0 Å². The fraction of sp³-hybridized carbons (Fsp3) is 0.605. The summed E-state index contributed by atoms with van der Waals surface area (Å²) in [5, 5.41) is 0. The van der Waals surface area contributed by atoms with Crippen molar-refractivity contribution in [3.63, 3.8) is 0 Å². The molecule has 0 aromatic carbocycles.